The molecule has 0 aromatic heterocycles. The summed E-state index contributed by atoms with van der Waals surface area (Å²) < 4.78 is 21.2. The minimum Gasteiger partial charge on any atom is -0.382 e. The smallest absolute Gasteiger partial charge is 0.0813 e. The summed E-state index contributed by atoms with van der Waals surface area (Å²) in [5.74, 6) is 0. The third-order valence-corrected chi connectivity index (χ3v) is 2.57. The Morgan fingerprint density at radius 1 is 1.06 bits per heavy atom. The van der Waals surface area contributed by atoms with Crippen molar-refractivity contribution in [3.05, 3.63) is 0 Å². The molecule has 96 valence electrons. The number of hydrogen-bond acceptors (Lipinski definition) is 5. The Kier molecular flexibility index (Phi) is 7.71. The van der Waals surface area contributed by atoms with Crippen molar-refractivity contribution in [1.82, 2.24) is 0 Å². The molecule has 1 heterocycles. The van der Waals surface area contributed by atoms with Crippen molar-refractivity contribution in [3.63, 3.8) is 0 Å². The Labute approximate surface area is 97.2 Å². The molecule has 0 aliphatic carbocycles. The van der Waals surface area contributed by atoms with E-state index in [-0.39, 0.29) is 12.2 Å². The van der Waals surface area contributed by atoms with Gasteiger partial charge >= 0.3 is 0 Å². The van der Waals surface area contributed by atoms with Gasteiger partial charge in [0.25, 0.3) is 0 Å². The standard InChI is InChI=1S/C11H23NO4/c1-13-4-5-14-6-7-15-9-11-3-2-10(8-12)16-11/h10-11H,2-9,12H2,1H3. The molecule has 0 saturated carbocycles. The zero-order chi connectivity index (χ0) is 11.6. The molecule has 2 N–H and O–H groups in total. The van der Waals surface area contributed by atoms with Crippen LogP contribution in [-0.4, -0.2) is 58.9 Å². The van der Waals surface area contributed by atoms with Crippen LogP contribution in [0.25, 0.3) is 0 Å². The number of ether oxygens (including phenoxy) is 4. The van der Waals surface area contributed by atoms with Crippen molar-refractivity contribution in [2.45, 2.75) is 25.0 Å². The molecule has 0 aromatic carbocycles. The Morgan fingerprint density at radius 2 is 1.75 bits per heavy atom. The van der Waals surface area contributed by atoms with E-state index in [1.807, 2.05) is 0 Å². The highest BCUT2D eigenvalue weighted by molar-refractivity contribution is 4.73. The molecule has 16 heavy (non-hydrogen) atoms. The molecular formula is C11H23NO4. The van der Waals surface area contributed by atoms with Crippen LogP contribution in [0.15, 0.2) is 0 Å². The fraction of sp³-hybridized carbons (Fsp3) is 1.00. The molecule has 1 aliphatic heterocycles. The van der Waals surface area contributed by atoms with E-state index in [4.69, 9.17) is 24.7 Å². The Hall–Kier alpha value is -0.200. The summed E-state index contributed by atoms with van der Waals surface area (Å²) in [4.78, 5) is 0. The highest BCUT2D eigenvalue weighted by atomic mass is 16.6. The number of nitrogens with two attached hydrogens (primary N) is 1. The van der Waals surface area contributed by atoms with E-state index in [0.717, 1.165) is 12.8 Å². The third-order valence-electron chi connectivity index (χ3n) is 2.57. The summed E-state index contributed by atoms with van der Waals surface area (Å²) in [5.41, 5.74) is 5.52. The minimum absolute atomic E-state index is 0.215. The van der Waals surface area contributed by atoms with E-state index < -0.39 is 0 Å². The van der Waals surface area contributed by atoms with Crippen molar-refractivity contribution in [2.24, 2.45) is 5.73 Å². The lowest BCUT2D eigenvalue weighted by atomic mass is 10.2. The molecule has 5 nitrogen and oxygen atoms in total. The van der Waals surface area contributed by atoms with Gasteiger partial charge in [0.2, 0.25) is 0 Å². The Bertz CT molecular complexity index is 168. The van der Waals surface area contributed by atoms with E-state index in [0.29, 0.717) is 39.6 Å². The lowest BCUT2D eigenvalue weighted by Gasteiger charge is -2.12. The first kappa shape index (κ1) is 13.9. The molecule has 1 fully saturated rings. The Balaban J connectivity index is 1.84. The molecule has 0 amide bonds. The monoisotopic (exact) mass is 233 g/mol. The zero-order valence-corrected chi connectivity index (χ0v) is 10.0. The molecular weight excluding hydrogens is 210 g/mol. The molecule has 5 heteroatoms. The summed E-state index contributed by atoms with van der Waals surface area (Å²) in [6.07, 6.45) is 2.54. The van der Waals surface area contributed by atoms with Crippen molar-refractivity contribution in [2.75, 3.05) is 46.7 Å². The second-order valence-electron chi connectivity index (χ2n) is 3.87. The molecule has 0 spiro atoms. The summed E-state index contributed by atoms with van der Waals surface area (Å²) in [7, 11) is 1.66. The average Bonchev–Trinajstić information content (AvgIpc) is 2.76. The fourth-order valence-electron chi connectivity index (χ4n) is 1.65. The van der Waals surface area contributed by atoms with Gasteiger partial charge in [-0.3, -0.25) is 0 Å². The molecule has 0 radical (unpaired) electrons. The largest absolute Gasteiger partial charge is 0.382 e. The van der Waals surface area contributed by atoms with E-state index in [1.165, 1.54) is 0 Å². The molecule has 1 saturated heterocycles. The van der Waals surface area contributed by atoms with E-state index in [2.05, 4.69) is 0 Å². The molecule has 1 rings (SSSR count). The maximum absolute atomic E-state index is 5.64. The van der Waals surface area contributed by atoms with Gasteiger partial charge < -0.3 is 24.7 Å². The minimum atomic E-state index is 0.215. The molecule has 0 bridgehead atoms. The lowest BCUT2D eigenvalue weighted by Crippen LogP contribution is -2.23. The molecule has 2 atom stereocenters. The molecule has 1 aliphatic rings. The van der Waals surface area contributed by atoms with Crippen LogP contribution in [0.1, 0.15) is 12.8 Å². The number of hydrogen-bond donors (Lipinski definition) is 1. The van der Waals surface area contributed by atoms with Gasteiger partial charge in [-0.15, -0.1) is 0 Å². The predicted molar refractivity (Wildman–Crippen MR) is 60.5 cm³/mol. The first-order valence-electron chi connectivity index (χ1n) is 5.86. The van der Waals surface area contributed by atoms with Crippen LogP contribution in [0, 0.1) is 0 Å². The average molecular weight is 233 g/mol. The second kappa shape index (κ2) is 8.90. The molecule has 2 unspecified atom stereocenters. The number of rotatable bonds is 9. The van der Waals surface area contributed by atoms with Gasteiger partial charge in [0.05, 0.1) is 45.2 Å². The van der Waals surface area contributed by atoms with Gasteiger partial charge in [-0.1, -0.05) is 0 Å². The van der Waals surface area contributed by atoms with Gasteiger partial charge in [0.15, 0.2) is 0 Å². The van der Waals surface area contributed by atoms with Gasteiger partial charge in [0, 0.05) is 13.7 Å². The van der Waals surface area contributed by atoms with Gasteiger partial charge in [-0.05, 0) is 12.8 Å². The van der Waals surface area contributed by atoms with Gasteiger partial charge in [-0.2, -0.15) is 0 Å². The van der Waals surface area contributed by atoms with Crippen molar-refractivity contribution < 1.29 is 18.9 Å². The Morgan fingerprint density at radius 3 is 2.44 bits per heavy atom. The zero-order valence-electron chi connectivity index (χ0n) is 10.0. The summed E-state index contributed by atoms with van der Waals surface area (Å²) in [6, 6.07) is 0. The normalized spacial score (nSPS) is 25.1. The topological polar surface area (TPSA) is 62.9 Å². The van der Waals surface area contributed by atoms with Crippen LogP contribution in [-0.2, 0) is 18.9 Å². The maximum Gasteiger partial charge on any atom is 0.0813 e. The van der Waals surface area contributed by atoms with Crippen LogP contribution in [0.2, 0.25) is 0 Å². The highest BCUT2D eigenvalue weighted by Crippen LogP contribution is 2.18. The molecule has 0 aromatic rings. The van der Waals surface area contributed by atoms with E-state index >= 15 is 0 Å². The van der Waals surface area contributed by atoms with Crippen LogP contribution >= 0.6 is 0 Å². The van der Waals surface area contributed by atoms with Gasteiger partial charge in [0.1, 0.15) is 0 Å². The highest BCUT2D eigenvalue weighted by Gasteiger charge is 2.23. The van der Waals surface area contributed by atoms with Crippen LogP contribution < -0.4 is 5.73 Å². The predicted octanol–water partition coefficient (Wildman–Crippen LogP) is 0.172. The first-order valence-corrected chi connectivity index (χ1v) is 5.86. The van der Waals surface area contributed by atoms with Crippen LogP contribution in [0.3, 0.4) is 0 Å². The van der Waals surface area contributed by atoms with Crippen molar-refractivity contribution in [1.29, 1.82) is 0 Å². The van der Waals surface area contributed by atoms with E-state index in [9.17, 15) is 0 Å². The van der Waals surface area contributed by atoms with Crippen molar-refractivity contribution >= 4 is 0 Å². The second-order valence-corrected chi connectivity index (χ2v) is 3.87. The van der Waals surface area contributed by atoms with Crippen LogP contribution in [0.4, 0.5) is 0 Å². The summed E-state index contributed by atoms with van der Waals surface area (Å²) in [5, 5.41) is 0. The number of methoxy groups -OCH3 is 1. The summed E-state index contributed by atoms with van der Waals surface area (Å²) >= 11 is 0. The quantitative estimate of drug-likeness (QED) is 0.575. The van der Waals surface area contributed by atoms with Crippen molar-refractivity contribution in [3.8, 4) is 0 Å². The first-order chi connectivity index (χ1) is 7.86. The third kappa shape index (κ3) is 5.77. The van der Waals surface area contributed by atoms with Gasteiger partial charge in [-0.25, -0.2) is 0 Å². The fourth-order valence-corrected chi connectivity index (χ4v) is 1.65. The summed E-state index contributed by atoms with van der Waals surface area (Å²) in [6.45, 7) is 3.72. The van der Waals surface area contributed by atoms with E-state index in [1.54, 1.807) is 7.11 Å². The SMILES string of the molecule is COCCOCCOCC1CCC(CN)O1. The van der Waals surface area contributed by atoms with Crippen LogP contribution in [0.5, 0.6) is 0 Å². The lowest BCUT2D eigenvalue weighted by molar-refractivity contribution is -0.0304. The maximum atomic E-state index is 5.64.